The Morgan fingerprint density at radius 2 is 1.87 bits per heavy atom. The standard InChI is InChI=1S/C19H23N3O/c20-15-17-3-6-18(7-4-17)21-13-9-16(10-14-21)5-8-19(23)22-11-1-2-12-22/h3-4,6-7,9H,1-2,5,8,10-14H2. The normalized spacial score (nSPS) is 17.8. The molecule has 0 spiro atoms. The Morgan fingerprint density at radius 1 is 1.13 bits per heavy atom. The maximum absolute atomic E-state index is 12.1. The Bertz CT molecular complexity index is 621. The highest BCUT2D eigenvalue weighted by Crippen LogP contribution is 2.23. The van der Waals surface area contributed by atoms with Crippen molar-refractivity contribution in [3.05, 3.63) is 41.5 Å². The van der Waals surface area contributed by atoms with Crippen molar-refractivity contribution in [2.75, 3.05) is 31.1 Å². The largest absolute Gasteiger partial charge is 0.367 e. The molecule has 120 valence electrons. The van der Waals surface area contributed by atoms with Gasteiger partial charge in [-0.05, 0) is 49.9 Å². The summed E-state index contributed by atoms with van der Waals surface area (Å²) in [5, 5.41) is 8.85. The lowest BCUT2D eigenvalue weighted by Gasteiger charge is -2.28. The zero-order chi connectivity index (χ0) is 16.1. The molecule has 0 N–H and O–H groups in total. The van der Waals surface area contributed by atoms with Crippen molar-refractivity contribution < 1.29 is 4.79 Å². The molecule has 0 radical (unpaired) electrons. The van der Waals surface area contributed by atoms with Crippen molar-refractivity contribution in [3.8, 4) is 6.07 Å². The van der Waals surface area contributed by atoms with Crippen LogP contribution in [0.5, 0.6) is 0 Å². The Labute approximate surface area is 138 Å². The Morgan fingerprint density at radius 3 is 2.48 bits per heavy atom. The fraction of sp³-hybridized carbons (Fsp3) is 0.474. The molecular formula is C19H23N3O. The third kappa shape index (κ3) is 3.92. The van der Waals surface area contributed by atoms with E-state index in [0.717, 1.165) is 57.5 Å². The first-order valence-corrected chi connectivity index (χ1v) is 8.47. The number of likely N-dealkylation sites (tertiary alicyclic amines) is 1. The van der Waals surface area contributed by atoms with Crippen LogP contribution in [0.25, 0.3) is 0 Å². The van der Waals surface area contributed by atoms with Gasteiger partial charge in [0.1, 0.15) is 0 Å². The number of carbonyl (C=O) groups is 1. The third-order valence-corrected chi connectivity index (χ3v) is 4.78. The van der Waals surface area contributed by atoms with Crippen LogP contribution in [0.4, 0.5) is 5.69 Å². The van der Waals surface area contributed by atoms with E-state index >= 15 is 0 Å². The summed E-state index contributed by atoms with van der Waals surface area (Å²) in [6, 6.07) is 9.89. The predicted octanol–water partition coefficient (Wildman–Crippen LogP) is 3.10. The van der Waals surface area contributed by atoms with Crippen molar-refractivity contribution in [1.82, 2.24) is 4.90 Å². The molecule has 0 unspecified atom stereocenters. The van der Waals surface area contributed by atoms with Crippen molar-refractivity contribution in [2.24, 2.45) is 0 Å². The number of hydrogen-bond acceptors (Lipinski definition) is 3. The quantitative estimate of drug-likeness (QED) is 0.803. The highest BCUT2D eigenvalue weighted by Gasteiger charge is 2.19. The SMILES string of the molecule is N#Cc1ccc(N2CC=C(CCC(=O)N3CCCC3)CC2)cc1. The van der Waals surface area contributed by atoms with Crippen LogP contribution >= 0.6 is 0 Å². The Kier molecular flexibility index (Phi) is 4.97. The molecule has 23 heavy (non-hydrogen) atoms. The molecule has 1 aromatic carbocycles. The third-order valence-electron chi connectivity index (χ3n) is 4.78. The maximum atomic E-state index is 12.1. The molecular weight excluding hydrogens is 286 g/mol. The molecule has 1 fully saturated rings. The van der Waals surface area contributed by atoms with Gasteiger partial charge >= 0.3 is 0 Å². The minimum atomic E-state index is 0.318. The Balaban J connectivity index is 1.49. The van der Waals surface area contributed by atoms with Gasteiger partial charge in [0.05, 0.1) is 11.6 Å². The lowest BCUT2D eigenvalue weighted by Crippen LogP contribution is -2.30. The van der Waals surface area contributed by atoms with Gasteiger partial charge in [-0.2, -0.15) is 5.26 Å². The summed E-state index contributed by atoms with van der Waals surface area (Å²) in [4.78, 5) is 16.4. The molecule has 2 heterocycles. The second kappa shape index (κ2) is 7.32. The molecule has 2 aliphatic heterocycles. The van der Waals surface area contributed by atoms with Gasteiger partial charge in [-0.15, -0.1) is 0 Å². The van der Waals surface area contributed by atoms with Gasteiger partial charge < -0.3 is 9.80 Å². The monoisotopic (exact) mass is 309 g/mol. The van der Waals surface area contributed by atoms with E-state index in [0.29, 0.717) is 17.9 Å². The van der Waals surface area contributed by atoms with Gasteiger partial charge in [0, 0.05) is 38.3 Å². The average molecular weight is 309 g/mol. The Hall–Kier alpha value is -2.28. The molecule has 0 aliphatic carbocycles. The van der Waals surface area contributed by atoms with E-state index in [1.807, 2.05) is 29.2 Å². The molecule has 3 rings (SSSR count). The van der Waals surface area contributed by atoms with Gasteiger partial charge in [-0.25, -0.2) is 0 Å². The second-order valence-electron chi connectivity index (χ2n) is 6.30. The number of rotatable bonds is 4. The fourth-order valence-electron chi connectivity index (χ4n) is 3.31. The summed E-state index contributed by atoms with van der Waals surface area (Å²) < 4.78 is 0. The van der Waals surface area contributed by atoms with Crippen LogP contribution in [-0.2, 0) is 4.79 Å². The van der Waals surface area contributed by atoms with Gasteiger partial charge in [0.2, 0.25) is 5.91 Å². The first-order valence-electron chi connectivity index (χ1n) is 8.47. The van der Waals surface area contributed by atoms with Crippen molar-refractivity contribution in [1.29, 1.82) is 5.26 Å². The minimum absolute atomic E-state index is 0.318. The van der Waals surface area contributed by atoms with E-state index < -0.39 is 0 Å². The lowest BCUT2D eigenvalue weighted by atomic mass is 10.0. The molecule has 0 atom stereocenters. The molecule has 1 saturated heterocycles. The summed E-state index contributed by atoms with van der Waals surface area (Å²) in [5.74, 6) is 0.318. The zero-order valence-corrected chi connectivity index (χ0v) is 13.5. The summed E-state index contributed by atoms with van der Waals surface area (Å²) >= 11 is 0. The van der Waals surface area contributed by atoms with Crippen LogP contribution < -0.4 is 4.90 Å². The molecule has 0 saturated carbocycles. The highest BCUT2D eigenvalue weighted by atomic mass is 16.2. The molecule has 1 amide bonds. The van der Waals surface area contributed by atoms with Crippen molar-refractivity contribution in [2.45, 2.75) is 32.1 Å². The van der Waals surface area contributed by atoms with E-state index in [2.05, 4.69) is 17.0 Å². The summed E-state index contributed by atoms with van der Waals surface area (Å²) in [6.07, 6.45) is 7.16. The molecule has 4 heteroatoms. The molecule has 0 bridgehead atoms. The minimum Gasteiger partial charge on any atom is -0.367 e. The average Bonchev–Trinajstić information content (AvgIpc) is 3.15. The highest BCUT2D eigenvalue weighted by molar-refractivity contribution is 5.76. The number of nitriles is 1. The summed E-state index contributed by atoms with van der Waals surface area (Å²) in [5.41, 5.74) is 3.26. The lowest BCUT2D eigenvalue weighted by molar-refractivity contribution is -0.130. The topological polar surface area (TPSA) is 47.3 Å². The number of nitrogens with zero attached hydrogens (tertiary/aromatic N) is 3. The summed E-state index contributed by atoms with van der Waals surface area (Å²) in [7, 11) is 0. The van der Waals surface area contributed by atoms with Crippen LogP contribution in [0.15, 0.2) is 35.9 Å². The predicted molar refractivity (Wildman–Crippen MR) is 91.1 cm³/mol. The smallest absolute Gasteiger partial charge is 0.222 e. The molecule has 4 nitrogen and oxygen atoms in total. The zero-order valence-electron chi connectivity index (χ0n) is 13.5. The number of amides is 1. The van der Waals surface area contributed by atoms with Gasteiger partial charge in [0.25, 0.3) is 0 Å². The molecule has 1 aromatic rings. The second-order valence-corrected chi connectivity index (χ2v) is 6.30. The van der Waals surface area contributed by atoms with Crippen LogP contribution in [0, 0.1) is 11.3 Å². The van der Waals surface area contributed by atoms with E-state index in [9.17, 15) is 4.79 Å². The fourth-order valence-corrected chi connectivity index (χ4v) is 3.31. The molecule has 2 aliphatic rings. The van der Waals surface area contributed by atoms with Crippen molar-refractivity contribution >= 4 is 11.6 Å². The van der Waals surface area contributed by atoms with Gasteiger partial charge in [-0.3, -0.25) is 4.79 Å². The van der Waals surface area contributed by atoms with E-state index in [-0.39, 0.29) is 0 Å². The number of anilines is 1. The number of hydrogen-bond donors (Lipinski definition) is 0. The van der Waals surface area contributed by atoms with Gasteiger partial charge in [0.15, 0.2) is 0 Å². The first kappa shape index (κ1) is 15.6. The molecule has 0 aromatic heterocycles. The van der Waals surface area contributed by atoms with E-state index in [4.69, 9.17) is 5.26 Å². The number of carbonyl (C=O) groups excluding carboxylic acids is 1. The van der Waals surface area contributed by atoms with Crippen LogP contribution in [0.1, 0.15) is 37.7 Å². The maximum Gasteiger partial charge on any atom is 0.222 e. The van der Waals surface area contributed by atoms with Crippen molar-refractivity contribution in [3.63, 3.8) is 0 Å². The van der Waals surface area contributed by atoms with E-state index in [1.54, 1.807) is 0 Å². The van der Waals surface area contributed by atoms with Crippen LogP contribution in [-0.4, -0.2) is 37.0 Å². The first-order chi connectivity index (χ1) is 11.3. The van der Waals surface area contributed by atoms with Crippen LogP contribution in [0.3, 0.4) is 0 Å². The van der Waals surface area contributed by atoms with E-state index in [1.165, 1.54) is 5.57 Å². The summed E-state index contributed by atoms with van der Waals surface area (Å²) in [6.45, 7) is 3.77. The van der Waals surface area contributed by atoms with Gasteiger partial charge in [-0.1, -0.05) is 11.6 Å². The van der Waals surface area contributed by atoms with Crippen LogP contribution in [0.2, 0.25) is 0 Å². The number of benzene rings is 1.